The molecule has 2 N–H and O–H groups in total. The van der Waals surface area contributed by atoms with Crippen LogP contribution in [0.2, 0.25) is 0 Å². The summed E-state index contributed by atoms with van der Waals surface area (Å²) in [7, 11) is -4.15. The van der Waals surface area contributed by atoms with Gasteiger partial charge >= 0.3 is 12.1 Å². The molecule has 1 atom stereocenters. The van der Waals surface area contributed by atoms with Crippen molar-refractivity contribution < 1.29 is 27.9 Å². The van der Waals surface area contributed by atoms with E-state index in [4.69, 9.17) is 4.74 Å². The molecule has 0 aliphatic heterocycles. The fraction of sp³-hybridized carbons (Fsp3) is 0.391. The van der Waals surface area contributed by atoms with Gasteiger partial charge in [0, 0.05) is 12.2 Å². The SMILES string of the molecule is CC(C)[C@@H](C(=O)O)N(Cc1ccccc1)S(=O)(=O)c1ccc(NC(=O)OC(C)(C)C)cc1. The summed E-state index contributed by atoms with van der Waals surface area (Å²) in [5.74, 6) is -1.68. The van der Waals surface area contributed by atoms with E-state index in [1.54, 1.807) is 65.0 Å². The number of sulfonamides is 1. The highest BCUT2D eigenvalue weighted by Crippen LogP contribution is 2.26. The van der Waals surface area contributed by atoms with E-state index >= 15 is 0 Å². The zero-order valence-electron chi connectivity index (χ0n) is 18.9. The molecule has 8 nitrogen and oxygen atoms in total. The van der Waals surface area contributed by atoms with Crippen LogP contribution in [0, 0.1) is 5.92 Å². The normalized spacial score (nSPS) is 13.1. The summed E-state index contributed by atoms with van der Waals surface area (Å²) in [4.78, 5) is 23.8. The van der Waals surface area contributed by atoms with Crippen molar-refractivity contribution in [3.8, 4) is 0 Å². The van der Waals surface area contributed by atoms with E-state index in [9.17, 15) is 23.1 Å². The summed E-state index contributed by atoms with van der Waals surface area (Å²) < 4.78 is 33.1. The molecule has 0 radical (unpaired) electrons. The van der Waals surface area contributed by atoms with Gasteiger partial charge < -0.3 is 9.84 Å². The number of rotatable bonds is 8. The van der Waals surface area contributed by atoms with E-state index in [1.807, 2.05) is 0 Å². The maximum Gasteiger partial charge on any atom is 0.412 e. The third-order valence-corrected chi connectivity index (χ3v) is 6.32. The summed E-state index contributed by atoms with van der Waals surface area (Å²) in [5.41, 5.74) is 0.353. The molecule has 9 heteroatoms. The molecule has 32 heavy (non-hydrogen) atoms. The van der Waals surface area contributed by atoms with Gasteiger partial charge in [-0.15, -0.1) is 0 Å². The quantitative estimate of drug-likeness (QED) is 0.604. The first-order chi connectivity index (χ1) is 14.8. The van der Waals surface area contributed by atoms with Crippen LogP contribution < -0.4 is 5.32 Å². The van der Waals surface area contributed by atoms with Gasteiger partial charge in [-0.05, 0) is 56.5 Å². The van der Waals surface area contributed by atoms with Crippen LogP contribution in [-0.2, 0) is 26.1 Å². The number of carboxylic acids is 1. The Balaban J connectivity index is 2.36. The number of nitrogens with one attached hydrogen (secondary N) is 1. The topological polar surface area (TPSA) is 113 Å². The molecule has 0 aliphatic rings. The summed E-state index contributed by atoms with van der Waals surface area (Å²) in [6.07, 6.45) is -0.662. The fourth-order valence-electron chi connectivity index (χ4n) is 3.10. The molecule has 0 saturated heterocycles. The third-order valence-electron chi connectivity index (χ3n) is 4.48. The predicted octanol–water partition coefficient (Wildman–Crippen LogP) is 4.33. The molecule has 2 aromatic rings. The molecule has 174 valence electrons. The van der Waals surface area contributed by atoms with Crippen LogP contribution in [0.1, 0.15) is 40.2 Å². The van der Waals surface area contributed by atoms with Crippen molar-refractivity contribution in [2.45, 2.75) is 57.7 Å². The van der Waals surface area contributed by atoms with Crippen LogP contribution in [0.3, 0.4) is 0 Å². The van der Waals surface area contributed by atoms with E-state index in [0.717, 1.165) is 4.31 Å². The largest absolute Gasteiger partial charge is 0.480 e. The number of benzene rings is 2. The van der Waals surface area contributed by atoms with Crippen molar-refractivity contribution in [1.82, 2.24) is 4.31 Å². The molecule has 0 saturated carbocycles. The van der Waals surface area contributed by atoms with Crippen LogP contribution in [0.4, 0.5) is 10.5 Å². The molecule has 0 bridgehead atoms. The number of carboxylic acid groups (broad SMARTS) is 1. The lowest BCUT2D eigenvalue weighted by Gasteiger charge is -2.30. The molecular weight excluding hydrogens is 432 g/mol. The Bertz CT molecular complexity index is 1030. The third kappa shape index (κ3) is 6.80. The second kappa shape index (κ2) is 10.1. The summed E-state index contributed by atoms with van der Waals surface area (Å²) in [6.45, 7) is 8.45. The predicted molar refractivity (Wildman–Crippen MR) is 122 cm³/mol. The van der Waals surface area contributed by atoms with E-state index in [-0.39, 0.29) is 11.4 Å². The highest BCUT2D eigenvalue weighted by atomic mass is 32.2. The van der Waals surface area contributed by atoms with E-state index < -0.39 is 39.6 Å². The highest BCUT2D eigenvalue weighted by Gasteiger charge is 2.38. The molecule has 0 unspecified atom stereocenters. The number of amides is 1. The molecule has 0 heterocycles. The fourth-order valence-corrected chi connectivity index (χ4v) is 4.81. The molecular formula is C23H30N2O6S. The summed E-state index contributed by atoms with van der Waals surface area (Å²) in [6, 6.07) is 13.1. The second-order valence-corrected chi connectivity index (χ2v) is 10.6. The maximum atomic E-state index is 13.5. The molecule has 0 aromatic heterocycles. The lowest BCUT2D eigenvalue weighted by Crippen LogP contribution is -2.47. The number of hydrogen-bond acceptors (Lipinski definition) is 5. The number of carbonyl (C=O) groups excluding carboxylic acids is 1. The van der Waals surface area contributed by atoms with Gasteiger partial charge in [0.2, 0.25) is 10.0 Å². The molecule has 1 amide bonds. The Morgan fingerprint density at radius 2 is 1.59 bits per heavy atom. The zero-order chi connectivity index (χ0) is 24.1. The van der Waals surface area contributed by atoms with Gasteiger partial charge in [0.15, 0.2) is 0 Å². The average molecular weight is 463 g/mol. The minimum Gasteiger partial charge on any atom is -0.480 e. The number of carbonyl (C=O) groups is 2. The van der Waals surface area contributed by atoms with Gasteiger partial charge in [-0.2, -0.15) is 4.31 Å². The van der Waals surface area contributed by atoms with Crippen molar-refractivity contribution in [2.75, 3.05) is 5.32 Å². The Kier molecular flexibility index (Phi) is 8.03. The Hall–Kier alpha value is -2.91. The monoisotopic (exact) mass is 462 g/mol. The van der Waals surface area contributed by atoms with Crippen molar-refractivity contribution >= 4 is 27.8 Å². The van der Waals surface area contributed by atoms with E-state index in [0.29, 0.717) is 11.3 Å². The minimum atomic E-state index is -4.15. The molecule has 0 spiro atoms. The van der Waals surface area contributed by atoms with Gasteiger partial charge in [-0.25, -0.2) is 13.2 Å². The van der Waals surface area contributed by atoms with Crippen LogP contribution in [-0.4, -0.2) is 41.5 Å². The standard InChI is InChI=1S/C23H30N2O6S/c1-16(2)20(21(26)27)25(15-17-9-7-6-8-10-17)32(29,30)19-13-11-18(12-14-19)24-22(28)31-23(3,4)5/h6-14,16,20H,15H2,1-5H3,(H,24,28)(H,26,27)/t20-/m0/s1. The highest BCUT2D eigenvalue weighted by molar-refractivity contribution is 7.89. The number of aliphatic carboxylic acids is 1. The Morgan fingerprint density at radius 1 is 1.03 bits per heavy atom. The minimum absolute atomic E-state index is 0.0740. The average Bonchev–Trinajstić information content (AvgIpc) is 2.66. The lowest BCUT2D eigenvalue weighted by atomic mass is 10.0. The molecule has 2 rings (SSSR count). The summed E-state index contributed by atoms with van der Waals surface area (Å²) in [5, 5.41) is 12.3. The van der Waals surface area contributed by atoms with Crippen molar-refractivity contribution in [3.63, 3.8) is 0 Å². The van der Waals surface area contributed by atoms with Gasteiger partial charge in [-0.1, -0.05) is 44.2 Å². The molecule has 0 fully saturated rings. The van der Waals surface area contributed by atoms with Crippen molar-refractivity contribution in [3.05, 3.63) is 60.2 Å². The van der Waals surface area contributed by atoms with Crippen molar-refractivity contribution in [1.29, 1.82) is 0 Å². The number of nitrogens with zero attached hydrogens (tertiary/aromatic N) is 1. The van der Waals surface area contributed by atoms with Gasteiger partial charge in [0.1, 0.15) is 11.6 Å². The summed E-state index contributed by atoms with van der Waals surface area (Å²) >= 11 is 0. The smallest absolute Gasteiger partial charge is 0.412 e. The number of ether oxygens (including phenoxy) is 1. The van der Waals surface area contributed by atoms with Crippen LogP contribution in [0.15, 0.2) is 59.5 Å². The number of anilines is 1. The first kappa shape index (κ1) is 25.4. The van der Waals surface area contributed by atoms with Gasteiger partial charge in [0.05, 0.1) is 4.90 Å². The Labute approximate surface area is 189 Å². The van der Waals surface area contributed by atoms with E-state index in [2.05, 4.69) is 5.32 Å². The van der Waals surface area contributed by atoms with Crippen LogP contribution in [0.5, 0.6) is 0 Å². The molecule has 2 aromatic carbocycles. The van der Waals surface area contributed by atoms with Crippen molar-refractivity contribution in [2.24, 2.45) is 5.92 Å². The van der Waals surface area contributed by atoms with Gasteiger partial charge in [-0.3, -0.25) is 10.1 Å². The maximum absolute atomic E-state index is 13.5. The lowest BCUT2D eigenvalue weighted by molar-refractivity contribution is -0.143. The van der Waals surface area contributed by atoms with Crippen LogP contribution >= 0.6 is 0 Å². The second-order valence-electron chi connectivity index (χ2n) is 8.71. The van der Waals surface area contributed by atoms with Gasteiger partial charge in [0.25, 0.3) is 0 Å². The first-order valence-corrected chi connectivity index (χ1v) is 11.6. The first-order valence-electron chi connectivity index (χ1n) is 10.2. The van der Waals surface area contributed by atoms with E-state index in [1.165, 1.54) is 24.3 Å². The Morgan fingerprint density at radius 3 is 2.06 bits per heavy atom. The molecule has 0 aliphatic carbocycles. The number of hydrogen-bond donors (Lipinski definition) is 2. The zero-order valence-corrected chi connectivity index (χ0v) is 19.7. The van der Waals surface area contributed by atoms with Crippen LogP contribution in [0.25, 0.3) is 0 Å².